The number of piperidine rings is 1. The second-order valence-corrected chi connectivity index (χ2v) is 4.65. The van der Waals surface area contributed by atoms with Crippen molar-refractivity contribution in [3.8, 4) is 0 Å². The number of nitro groups is 1. The smallest absolute Gasteiger partial charge is 0.389 e. The summed E-state index contributed by atoms with van der Waals surface area (Å²) in [5.74, 6) is -2.05. The van der Waals surface area contributed by atoms with Gasteiger partial charge in [-0.15, -0.1) is 0 Å². The van der Waals surface area contributed by atoms with Crippen molar-refractivity contribution < 1.29 is 19.6 Å². The first kappa shape index (κ1) is 14.0. The van der Waals surface area contributed by atoms with Crippen LogP contribution in [0.5, 0.6) is 0 Å². The second kappa shape index (κ2) is 5.68. The maximum atomic E-state index is 12.0. The maximum absolute atomic E-state index is 12.0. The number of nitrogens with zero attached hydrogens (tertiary/aromatic N) is 4. The van der Waals surface area contributed by atoms with Gasteiger partial charge in [-0.05, 0) is 17.8 Å². The third kappa shape index (κ3) is 3.11. The molecule has 0 aromatic carbocycles. The molecule has 0 bridgehead atoms. The summed E-state index contributed by atoms with van der Waals surface area (Å²) < 4.78 is 1.19. The van der Waals surface area contributed by atoms with Crippen molar-refractivity contribution in [3.63, 3.8) is 0 Å². The van der Waals surface area contributed by atoms with Gasteiger partial charge in [-0.1, -0.05) is 0 Å². The Morgan fingerprint density at radius 1 is 1.55 bits per heavy atom. The molecule has 9 nitrogen and oxygen atoms in total. The summed E-state index contributed by atoms with van der Waals surface area (Å²) >= 11 is 0. The summed E-state index contributed by atoms with van der Waals surface area (Å²) in [6.07, 6.45) is 2.56. The fourth-order valence-corrected chi connectivity index (χ4v) is 2.18. The van der Waals surface area contributed by atoms with E-state index in [4.69, 9.17) is 5.11 Å². The van der Waals surface area contributed by atoms with Crippen molar-refractivity contribution in [3.05, 3.63) is 22.4 Å². The van der Waals surface area contributed by atoms with Gasteiger partial charge < -0.3 is 20.1 Å². The zero-order valence-electron chi connectivity index (χ0n) is 10.6. The number of carbonyl (C=O) groups is 2. The molecular formula is C11H14N4O5. The number of carbonyl (C=O) groups excluding carboxylic acids is 1. The van der Waals surface area contributed by atoms with E-state index in [0.717, 1.165) is 0 Å². The third-order valence-corrected chi connectivity index (χ3v) is 3.23. The zero-order chi connectivity index (χ0) is 14.7. The molecule has 0 saturated carbocycles. The molecule has 1 aromatic rings. The van der Waals surface area contributed by atoms with Gasteiger partial charge in [0.1, 0.15) is 6.54 Å². The van der Waals surface area contributed by atoms with E-state index in [1.807, 2.05) is 0 Å². The first-order valence-corrected chi connectivity index (χ1v) is 6.16. The third-order valence-electron chi connectivity index (χ3n) is 3.23. The number of rotatable bonds is 4. The van der Waals surface area contributed by atoms with E-state index in [-0.39, 0.29) is 24.8 Å². The number of hydrogen-bond acceptors (Lipinski definition) is 5. The van der Waals surface area contributed by atoms with Crippen LogP contribution in [0.4, 0.5) is 5.82 Å². The van der Waals surface area contributed by atoms with Crippen LogP contribution in [0.15, 0.2) is 12.3 Å². The largest absolute Gasteiger partial charge is 0.481 e. The van der Waals surface area contributed by atoms with Crippen LogP contribution in [0, 0.1) is 16.0 Å². The molecule has 0 radical (unpaired) electrons. The normalized spacial score (nSPS) is 18.8. The molecule has 1 aliphatic heterocycles. The summed E-state index contributed by atoms with van der Waals surface area (Å²) in [4.78, 5) is 34.3. The molecule has 1 atom stereocenters. The lowest BCUT2D eigenvalue weighted by Gasteiger charge is -2.30. The Labute approximate surface area is 113 Å². The Kier molecular flexibility index (Phi) is 3.97. The maximum Gasteiger partial charge on any atom is 0.389 e. The van der Waals surface area contributed by atoms with Crippen molar-refractivity contribution in [2.24, 2.45) is 5.92 Å². The quantitative estimate of drug-likeness (QED) is 0.618. The number of amides is 1. The van der Waals surface area contributed by atoms with Gasteiger partial charge in [0.05, 0.1) is 23.3 Å². The van der Waals surface area contributed by atoms with Crippen molar-refractivity contribution in [2.75, 3.05) is 13.1 Å². The molecule has 1 fully saturated rings. The molecule has 9 heteroatoms. The summed E-state index contributed by atoms with van der Waals surface area (Å²) in [6.45, 7) is 0.559. The molecule has 2 heterocycles. The van der Waals surface area contributed by atoms with Gasteiger partial charge in [-0.3, -0.25) is 9.59 Å². The molecule has 108 valence electrons. The Morgan fingerprint density at radius 3 is 2.90 bits per heavy atom. The first-order chi connectivity index (χ1) is 9.47. The van der Waals surface area contributed by atoms with Crippen LogP contribution in [0.2, 0.25) is 0 Å². The predicted molar refractivity (Wildman–Crippen MR) is 65.8 cm³/mol. The van der Waals surface area contributed by atoms with Crippen molar-refractivity contribution in [2.45, 2.75) is 19.4 Å². The minimum Gasteiger partial charge on any atom is -0.481 e. The minimum atomic E-state index is -0.905. The highest BCUT2D eigenvalue weighted by Gasteiger charge is 2.28. The number of hydrogen-bond donors (Lipinski definition) is 1. The minimum absolute atomic E-state index is 0.125. The zero-order valence-corrected chi connectivity index (χ0v) is 10.6. The number of likely N-dealkylation sites (tertiary alicyclic amines) is 1. The molecule has 1 aliphatic rings. The molecule has 0 spiro atoms. The second-order valence-electron chi connectivity index (χ2n) is 4.65. The van der Waals surface area contributed by atoms with Crippen molar-refractivity contribution in [1.82, 2.24) is 14.7 Å². The average Bonchev–Trinajstić information content (AvgIpc) is 2.87. The van der Waals surface area contributed by atoms with Crippen molar-refractivity contribution in [1.29, 1.82) is 0 Å². The summed E-state index contributed by atoms with van der Waals surface area (Å²) in [7, 11) is 0. The van der Waals surface area contributed by atoms with Gasteiger partial charge >= 0.3 is 11.8 Å². The topological polar surface area (TPSA) is 119 Å². The van der Waals surface area contributed by atoms with Gasteiger partial charge in [0.2, 0.25) is 5.91 Å². The van der Waals surface area contributed by atoms with Crippen LogP contribution in [-0.4, -0.2) is 49.7 Å². The van der Waals surface area contributed by atoms with Crippen molar-refractivity contribution >= 4 is 17.7 Å². The fraction of sp³-hybridized carbons (Fsp3) is 0.545. The van der Waals surface area contributed by atoms with Crippen LogP contribution in [-0.2, 0) is 16.1 Å². The highest BCUT2D eigenvalue weighted by molar-refractivity contribution is 5.77. The van der Waals surface area contributed by atoms with E-state index in [1.54, 1.807) is 0 Å². The van der Waals surface area contributed by atoms with E-state index >= 15 is 0 Å². The summed E-state index contributed by atoms with van der Waals surface area (Å²) in [5.41, 5.74) is 0. The number of carboxylic acid groups (broad SMARTS) is 1. The molecule has 1 aromatic heterocycles. The highest BCUT2D eigenvalue weighted by atomic mass is 16.6. The predicted octanol–water partition coefficient (Wildman–Crippen LogP) is 0.114. The molecule has 1 unspecified atom stereocenters. The van der Waals surface area contributed by atoms with Gasteiger partial charge in [0.25, 0.3) is 0 Å². The molecule has 1 saturated heterocycles. The van der Waals surface area contributed by atoms with E-state index in [1.165, 1.54) is 21.8 Å². The standard InChI is InChI=1S/C11H14N4O5/c16-10(7-14-5-3-9(12-14)15(19)20)13-4-1-2-8(6-13)11(17)18/h3,5,8H,1-2,4,6-7H2,(H,17,18). The van der Waals surface area contributed by atoms with Gasteiger partial charge in [0, 0.05) is 13.1 Å². The monoisotopic (exact) mass is 282 g/mol. The number of carboxylic acids is 1. The van der Waals surface area contributed by atoms with E-state index in [0.29, 0.717) is 19.4 Å². The molecule has 0 aliphatic carbocycles. The number of aliphatic carboxylic acids is 1. The lowest BCUT2D eigenvalue weighted by molar-refractivity contribution is -0.389. The molecule has 1 amide bonds. The molecular weight excluding hydrogens is 268 g/mol. The van der Waals surface area contributed by atoms with Gasteiger partial charge in [-0.2, -0.15) is 4.68 Å². The van der Waals surface area contributed by atoms with Crippen LogP contribution in [0.3, 0.4) is 0 Å². The lowest BCUT2D eigenvalue weighted by Crippen LogP contribution is -2.43. The number of aromatic nitrogens is 2. The Balaban J connectivity index is 1.96. The molecule has 2 rings (SSSR count). The highest BCUT2D eigenvalue weighted by Crippen LogP contribution is 2.17. The fourth-order valence-electron chi connectivity index (χ4n) is 2.18. The Hall–Kier alpha value is -2.45. The van der Waals surface area contributed by atoms with Gasteiger partial charge in [0.15, 0.2) is 0 Å². The summed E-state index contributed by atoms with van der Waals surface area (Å²) in [6, 6.07) is 1.21. The van der Waals surface area contributed by atoms with E-state index in [2.05, 4.69) is 5.10 Å². The summed E-state index contributed by atoms with van der Waals surface area (Å²) in [5, 5.41) is 23.1. The van der Waals surface area contributed by atoms with E-state index < -0.39 is 16.8 Å². The van der Waals surface area contributed by atoms with Crippen LogP contribution in [0.1, 0.15) is 12.8 Å². The molecule has 1 N–H and O–H groups in total. The van der Waals surface area contributed by atoms with Crippen LogP contribution >= 0.6 is 0 Å². The van der Waals surface area contributed by atoms with Crippen LogP contribution in [0.25, 0.3) is 0 Å². The van der Waals surface area contributed by atoms with E-state index in [9.17, 15) is 19.7 Å². The van der Waals surface area contributed by atoms with Crippen LogP contribution < -0.4 is 0 Å². The first-order valence-electron chi connectivity index (χ1n) is 6.16. The molecule has 20 heavy (non-hydrogen) atoms. The Morgan fingerprint density at radius 2 is 2.30 bits per heavy atom. The average molecular weight is 282 g/mol. The van der Waals surface area contributed by atoms with Gasteiger partial charge in [-0.25, -0.2) is 0 Å². The Bertz CT molecular complexity index is 541. The SMILES string of the molecule is O=C(O)C1CCCN(C(=O)Cn2ccc([N+](=O)[O-])n2)C1. The lowest BCUT2D eigenvalue weighted by atomic mass is 9.98.